The van der Waals surface area contributed by atoms with Gasteiger partial charge in [0.2, 0.25) is 0 Å². The zero-order valence-electron chi connectivity index (χ0n) is 14.7. The molecular weight excluding hydrogens is 360 g/mol. The monoisotopic (exact) mass is 376 g/mol. The highest BCUT2D eigenvalue weighted by Crippen LogP contribution is 2.31. The van der Waals surface area contributed by atoms with Crippen molar-refractivity contribution in [2.24, 2.45) is 0 Å². The van der Waals surface area contributed by atoms with Crippen LogP contribution in [0.5, 0.6) is 0 Å². The lowest BCUT2D eigenvalue weighted by Crippen LogP contribution is -2.35. The number of imide groups is 2. The van der Waals surface area contributed by atoms with Gasteiger partial charge in [0.15, 0.2) is 0 Å². The van der Waals surface area contributed by atoms with Crippen molar-refractivity contribution in [3.8, 4) is 0 Å². The normalized spacial score (nSPS) is 16.0. The van der Waals surface area contributed by atoms with E-state index in [1.165, 1.54) is 24.3 Å². The maximum Gasteiger partial charge on any atom is 0.255 e. The fraction of sp³-hybridized carbons (Fsp3) is 0.100. The number of amides is 4. The molecule has 0 aliphatic carbocycles. The molecule has 0 fully saturated rings. The summed E-state index contributed by atoms with van der Waals surface area (Å²) in [7, 11) is 0. The van der Waals surface area contributed by atoms with Crippen molar-refractivity contribution < 1.29 is 19.2 Å². The molecule has 2 aliphatic rings. The van der Waals surface area contributed by atoms with Gasteiger partial charge in [-0.25, -0.2) is 0 Å². The predicted molar refractivity (Wildman–Crippen MR) is 103 cm³/mol. The first-order chi connectivity index (χ1) is 13.5. The van der Waals surface area contributed by atoms with E-state index in [0.29, 0.717) is 11.4 Å². The van der Waals surface area contributed by atoms with Crippen LogP contribution in [0.3, 0.4) is 0 Å². The van der Waals surface area contributed by atoms with Gasteiger partial charge < -0.3 is 10.6 Å². The van der Waals surface area contributed by atoms with Crippen LogP contribution in [0.25, 0.3) is 10.8 Å². The van der Waals surface area contributed by atoms with Crippen LogP contribution in [0.2, 0.25) is 0 Å². The minimum atomic E-state index is -0.366. The average Bonchev–Trinajstić information content (AvgIpc) is 3.19. The second-order valence-electron chi connectivity index (χ2n) is 6.25. The molecule has 28 heavy (non-hydrogen) atoms. The topological polar surface area (TPSA) is 98.8 Å². The van der Waals surface area contributed by atoms with Gasteiger partial charge in [-0.15, -0.1) is 0 Å². The predicted octanol–water partition coefficient (Wildman–Crippen LogP) is 1.43. The van der Waals surface area contributed by atoms with Crippen LogP contribution in [0.1, 0.15) is 0 Å². The molecule has 2 aromatic carbocycles. The first kappa shape index (κ1) is 17.5. The molecule has 4 amide bonds. The van der Waals surface area contributed by atoms with Crippen LogP contribution in [0.15, 0.2) is 60.7 Å². The Morgan fingerprint density at radius 3 is 1.39 bits per heavy atom. The zero-order valence-corrected chi connectivity index (χ0v) is 14.7. The summed E-state index contributed by atoms with van der Waals surface area (Å²) in [5, 5.41) is 7.99. The summed E-state index contributed by atoms with van der Waals surface area (Å²) < 4.78 is 0. The van der Waals surface area contributed by atoms with Crippen LogP contribution < -0.4 is 10.6 Å². The van der Waals surface area contributed by atoms with Gasteiger partial charge in [0.05, 0.1) is 13.3 Å². The maximum absolute atomic E-state index is 11.7. The smallest absolute Gasteiger partial charge is 0.255 e. The first-order valence-corrected chi connectivity index (χ1v) is 8.61. The van der Waals surface area contributed by atoms with Gasteiger partial charge in [0.25, 0.3) is 23.6 Å². The van der Waals surface area contributed by atoms with E-state index in [0.717, 1.165) is 20.6 Å². The molecule has 0 radical (unpaired) electrons. The molecule has 2 aliphatic heterocycles. The van der Waals surface area contributed by atoms with Crippen molar-refractivity contribution in [1.82, 2.24) is 9.80 Å². The summed E-state index contributed by atoms with van der Waals surface area (Å²) >= 11 is 0. The molecule has 0 spiro atoms. The fourth-order valence-corrected chi connectivity index (χ4v) is 3.14. The third-order valence-corrected chi connectivity index (χ3v) is 4.56. The molecule has 0 saturated heterocycles. The lowest BCUT2D eigenvalue weighted by molar-refractivity contribution is -0.137. The molecule has 0 atom stereocenters. The van der Waals surface area contributed by atoms with Crippen LogP contribution in [0.4, 0.5) is 11.4 Å². The van der Waals surface area contributed by atoms with Gasteiger partial charge in [0, 0.05) is 41.1 Å². The van der Waals surface area contributed by atoms with Crippen LogP contribution in [-0.2, 0) is 19.2 Å². The van der Waals surface area contributed by atoms with Gasteiger partial charge in [-0.1, -0.05) is 24.3 Å². The molecule has 2 N–H and O–H groups in total. The second kappa shape index (κ2) is 6.99. The van der Waals surface area contributed by atoms with Crippen molar-refractivity contribution in [3.63, 3.8) is 0 Å². The summed E-state index contributed by atoms with van der Waals surface area (Å²) in [5.41, 5.74) is 1.43. The highest BCUT2D eigenvalue weighted by molar-refractivity contribution is 6.14. The second-order valence-corrected chi connectivity index (χ2v) is 6.25. The highest BCUT2D eigenvalue weighted by Gasteiger charge is 2.24. The highest BCUT2D eigenvalue weighted by atomic mass is 16.2. The minimum Gasteiger partial charge on any atom is -0.367 e. The molecular formula is C20H16N4O4. The fourth-order valence-electron chi connectivity index (χ4n) is 3.14. The van der Waals surface area contributed by atoms with Gasteiger partial charge in [-0.05, 0) is 17.5 Å². The van der Waals surface area contributed by atoms with Gasteiger partial charge >= 0.3 is 0 Å². The number of carbonyl (C=O) groups excluding carboxylic acids is 4. The SMILES string of the molecule is O=C1C=CC(=O)N1CNc1cccc2cccc(NCN3C(=O)C=CC3=O)c12. The Morgan fingerprint density at radius 2 is 1.00 bits per heavy atom. The van der Waals surface area contributed by atoms with Crippen molar-refractivity contribution in [2.45, 2.75) is 0 Å². The van der Waals surface area contributed by atoms with Crippen molar-refractivity contribution in [3.05, 3.63) is 60.7 Å². The van der Waals surface area contributed by atoms with Crippen molar-refractivity contribution in [1.29, 1.82) is 0 Å². The number of anilines is 2. The number of nitrogens with one attached hydrogen (secondary N) is 2. The van der Waals surface area contributed by atoms with Crippen molar-refractivity contribution >= 4 is 45.8 Å². The third kappa shape index (κ3) is 3.11. The summed E-state index contributed by atoms with van der Waals surface area (Å²) in [6, 6.07) is 11.2. The van der Waals surface area contributed by atoms with Gasteiger partial charge in [-0.3, -0.25) is 29.0 Å². The number of carbonyl (C=O) groups is 4. The Labute approximate surface area is 160 Å². The zero-order chi connectivity index (χ0) is 19.7. The molecule has 2 aromatic rings. The van der Waals surface area contributed by atoms with E-state index in [1.807, 2.05) is 36.4 Å². The number of rotatable bonds is 6. The van der Waals surface area contributed by atoms with Crippen molar-refractivity contribution in [2.75, 3.05) is 24.0 Å². The molecule has 0 unspecified atom stereocenters. The molecule has 2 heterocycles. The largest absolute Gasteiger partial charge is 0.367 e. The quantitative estimate of drug-likeness (QED) is 0.740. The molecule has 8 heteroatoms. The lowest BCUT2D eigenvalue weighted by atomic mass is 10.1. The first-order valence-electron chi connectivity index (χ1n) is 8.61. The van der Waals surface area contributed by atoms with Gasteiger partial charge in [0.1, 0.15) is 0 Å². The number of benzene rings is 2. The van der Waals surface area contributed by atoms with E-state index < -0.39 is 0 Å². The Balaban J connectivity index is 1.57. The van der Waals surface area contributed by atoms with Crippen LogP contribution in [-0.4, -0.2) is 46.8 Å². The Kier molecular flexibility index (Phi) is 4.36. The summed E-state index contributed by atoms with van der Waals surface area (Å²) in [5.74, 6) is -1.46. The number of fused-ring (bicyclic) bond motifs is 1. The average molecular weight is 376 g/mol. The molecule has 0 bridgehead atoms. The Hall–Kier alpha value is -3.94. The Bertz CT molecular complexity index is 956. The lowest BCUT2D eigenvalue weighted by Gasteiger charge is -2.20. The molecule has 140 valence electrons. The van der Waals surface area contributed by atoms with E-state index in [2.05, 4.69) is 10.6 Å². The van der Waals surface area contributed by atoms with E-state index >= 15 is 0 Å². The molecule has 8 nitrogen and oxygen atoms in total. The van der Waals surface area contributed by atoms with E-state index in [1.54, 1.807) is 0 Å². The third-order valence-electron chi connectivity index (χ3n) is 4.56. The number of hydrogen-bond acceptors (Lipinski definition) is 6. The maximum atomic E-state index is 11.7. The number of hydrogen-bond donors (Lipinski definition) is 2. The molecule has 0 aromatic heterocycles. The minimum absolute atomic E-state index is 0.0329. The van der Waals surface area contributed by atoms with E-state index in [4.69, 9.17) is 0 Å². The van der Waals surface area contributed by atoms with E-state index in [9.17, 15) is 19.2 Å². The molecule has 4 rings (SSSR count). The summed E-state index contributed by atoms with van der Waals surface area (Å²) in [6.45, 7) is 0.0657. The molecule has 0 saturated carbocycles. The Morgan fingerprint density at radius 1 is 0.607 bits per heavy atom. The summed E-state index contributed by atoms with van der Waals surface area (Å²) in [4.78, 5) is 49.2. The van der Waals surface area contributed by atoms with Crippen LogP contribution in [0, 0.1) is 0 Å². The van der Waals surface area contributed by atoms with E-state index in [-0.39, 0.29) is 37.0 Å². The summed E-state index contributed by atoms with van der Waals surface area (Å²) in [6.07, 6.45) is 4.94. The van der Waals surface area contributed by atoms with Gasteiger partial charge in [-0.2, -0.15) is 0 Å². The standard InChI is InChI=1S/C20H16N4O4/c25-16-7-8-17(26)23(16)11-21-14-5-1-3-13-4-2-6-15(20(13)14)22-12-24-18(27)9-10-19(24)28/h1-10,21-22H,11-12H2. The number of nitrogens with zero attached hydrogens (tertiary/aromatic N) is 2. The van der Waals surface area contributed by atoms with Crippen LogP contribution >= 0.6 is 0 Å².